The number of nitrogens with one attached hydrogen (secondary N) is 2. The van der Waals surface area contributed by atoms with Crippen molar-refractivity contribution in [1.82, 2.24) is 10.6 Å². The highest BCUT2D eigenvalue weighted by Crippen LogP contribution is 2.44. The van der Waals surface area contributed by atoms with Gasteiger partial charge in [0.15, 0.2) is 0 Å². The van der Waals surface area contributed by atoms with Crippen LogP contribution >= 0.6 is 0 Å². The van der Waals surface area contributed by atoms with Gasteiger partial charge in [-0.1, -0.05) is 60.7 Å². The van der Waals surface area contributed by atoms with E-state index in [4.69, 9.17) is 9.47 Å². The van der Waals surface area contributed by atoms with Gasteiger partial charge in [0.2, 0.25) is 5.91 Å². The fourth-order valence-corrected chi connectivity index (χ4v) is 4.76. The third-order valence-electron chi connectivity index (χ3n) is 6.59. The van der Waals surface area contributed by atoms with Crippen LogP contribution < -0.4 is 10.6 Å². The monoisotopic (exact) mass is 478 g/mol. The maximum atomic E-state index is 12.4. The number of rotatable bonds is 9. The molecule has 35 heavy (non-hydrogen) atoms. The Balaban J connectivity index is 1.24. The van der Waals surface area contributed by atoms with E-state index in [-0.39, 0.29) is 37.4 Å². The van der Waals surface area contributed by atoms with Crippen molar-refractivity contribution in [2.45, 2.75) is 37.3 Å². The van der Waals surface area contributed by atoms with E-state index in [9.17, 15) is 19.5 Å². The van der Waals surface area contributed by atoms with Crippen LogP contribution in [-0.4, -0.2) is 55.5 Å². The van der Waals surface area contributed by atoms with E-state index in [1.54, 1.807) is 6.08 Å². The minimum atomic E-state index is -0.865. The Hall–Kier alpha value is -3.65. The fraction of sp³-hybridized carbons (Fsp3) is 0.370. The number of aliphatic carboxylic acids is 1. The first-order valence-electron chi connectivity index (χ1n) is 11.8. The Morgan fingerprint density at radius 1 is 1.06 bits per heavy atom. The lowest BCUT2D eigenvalue weighted by atomic mass is 9.91. The molecule has 0 saturated carbocycles. The van der Waals surface area contributed by atoms with Gasteiger partial charge in [0.25, 0.3) is 0 Å². The molecule has 2 aromatic carbocycles. The summed E-state index contributed by atoms with van der Waals surface area (Å²) in [5.74, 6) is -1.67. The zero-order valence-electron chi connectivity index (χ0n) is 19.6. The number of hydrogen-bond donors (Lipinski definition) is 3. The first kappa shape index (κ1) is 24.5. The van der Waals surface area contributed by atoms with Gasteiger partial charge in [0.1, 0.15) is 6.61 Å². The molecular weight excluding hydrogens is 448 g/mol. The maximum absolute atomic E-state index is 12.4. The second kappa shape index (κ2) is 11.2. The Morgan fingerprint density at radius 2 is 1.71 bits per heavy atom. The molecule has 8 nitrogen and oxygen atoms in total. The highest BCUT2D eigenvalue weighted by molar-refractivity contribution is 5.79. The molecule has 0 aromatic heterocycles. The molecule has 3 unspecified atom stereocenters. The molecule has 3 atom stereocenters. The fourth-order valence-electron chi connectivity index (χ4n) is 4.76. The second-order valence-corrected chi connectivity index (χ2v) is 8.88. The minimum Gasteiger partial charge on any atom is -0.481 e. The molecule has 0 bridgehead atoms. The van der Waals surface area contributed by atoms with Crippen LogP contribution in [0.25, 0.3) is 11.1 Å². The Kier molecular flexibility index (Phi) is 7.82. The van der Waals surface area contributed by atoms with Gasteiger partial charge in [-0.15, -0.1) is 0 Å². The lowest BCUT2D eigenvalue weighted by Crippen LogP contribution is -2.41. The minimum absolute atomic E-state index is 0.0300. The SMILES string of the molecule is COC(CNC(=O)OCC1c2ccccc2-c2ccccc21)CC(=O)NC1C=CCC(C(=O)O)C1. The van der Waals surface area contributed by atoms with E-state index >= 15 is 0 Å². The van der Waals surface area contributed by atoms with Crippen molar-refractivity contribution in [3.8, 4) is 11.1 Å². The number of benzene rings is 2. The summed E-state index contributed by atoms with van der Waals surface area (Å²) < 4.78 is 10.9. The number of ether oxygens (including phenoxy) is 2. The van der Waals surface area contributed by atoms with Crippen molar-refractivity contribution in [1.29, 1.82) is 0 Å². The molecule has 2 amide bonds. The zero-order chi connectivity index (χ0) is 24.8. The van der Waals surface area contributed by atoms with Crippen molar-refractivity contribution in [3.05, 3.63) is 71.8 Å². The number of allylic oxidation sites excluding steroid dienone is 1. The summed E-state index contributed by atoms with van der Waals surface area (Å²) >= 11 is 0. The van der Waals surface area contributed by atoms with Crippen molar-refractivity contribution < 1.29 is 29.0 Å². The van der Waals surface area contributed by atoms with Crippen LogP contribution in [-0.2, 0) is 19.1 Å². The molecular formula is C27H30N2O6. The van der Waals surface area contributed by atoms with Crippen molar-refractivity contribution in [3.63, 3.8) is 0 Å². The van der Waals surface area contributed by atoms with E-state index in [0.29, 0.717) is 12.8 Å². The van der Waals surface area contributed by atoms with Gasteiger partial charge in [0, 0.05) is 25.6 Å². The van der Waals surface area contributed by atoms with Crippen LogP contribution in [0.3, 0.4) is 0 Å². The molecule has 2 aliphatic carbocycles. The summed E-state index contributed by atoms with van der Waals surface area (Å²) in [5.41, 5.74) is 4.58. The zero-order valence-corrected chi connectivity index (χ0v) is 19.6. The lowest BCUT2D eigenvalue weighted by molar-refractivity contribution is -0.142. The Bertz CT molecular complexity index is 1070. The standard InChI is InChI=1S/C27H30N2O6/c1-34-19(14-25(30)29-18-8-6-7-17(13-18)26(31)32)15-28-27(33)35-16-24-22-11-4-2-9-20(22)21-10-3-5-12-23(21)24/h2-6,8-12,17-19,24H,7,13-16H2,1H3,(H,28,33)(H,29,30)(H,31,32). The molecule has 3 N–H and O–H groups in total. The molecule has 2 aromatic rings. The van der Waals surface area contributed by atoms with Crippen molar-refractivity contribution in [2.24, 2.45) is 5.92 Å². The van der Waals surface area contributed by atoms with E-state index in [2.05, 4.69) is 34.9 Å². The molecule has 0 heterocycles. The van der Waals surface area contributed by atoms with Gasteiger partial charge in [0.05, 0.1) is 18.4 Å². The van der Waals surface area contributed by atoms with Gasteiger partial charge in [-0.05, 0) is 35.1 Å². The number of hydrogen-bond acceptors (Lipinski definition) is 5. The first-order valence-corrected chi connectivity index (χ1v) is 11.8. The highest BCUT2D eigenvalue weighted by atomic mass is 16.5. The van der Waals surface area contributed by atoms with E-state index in [1.165, 1.54) is 7.11 Å². The van der Waals surface area contributed by atoms with Crippen molar-refractivity contribution >= 4 is 18.0 Å². The largest absolute Gasteiger partial charge is 0.481 e. The van der Waals surface area contributed by atoms with Crippen LogP contribution in [0.2, 0.25) is 0 Å². The van der Waals surface area contributed by atoms with Gasteiger partial charge in [-0.25, -0.2) is 4.79 Å². The quantitative estimate of drug-likeness (QED) is 0.476. The summed E-state index contributed by atoms with van der Waals surface area (Å²) in [6, 6.07) is 15.9. The number of carbonyl (C=O) groups excluding carboxylic acids is 2. The summed E-state index contributed by atoms with van der Waals surface area (Å²) in [5, 5.41) is 14.7. The molecule has 4 rings (SSSR count). The van der Waals surface area contributed by atoms with Crippen LogP contribution in [0.4, 0.5) is 4.79 Å². The van der Waals surface area contributed by atoms with E-state index in [0.717, 1.165) is 22.3 Å². The molecule has 0 spiro atoms. The molecule has 0 saturated heterocycles. The number of carboxylic acid groups (broad SMARTS) is 1. The third-order valence-corrected chi connectivity index (χ3v) is 6.59. The number of carboxylic acids is 1. The average Bonchev–Trinajstić information content (AvgIpc) is 3.19. The Morgan fingerprint density at radius 3 is 2.34 bits per heavy atom. The van der Waals surface area contributed by atoms with Crippen LogP contribution in [0.5, 0.6) is 0 Å². The molecule has 0 aliphatic heterocycles. The van der Waals surface area contributed by atoms with Gasteiger partial charge >= 0.3 is 12.1 Å². The topological polar surface area (TPSA) is 114 Å². The predicted molar refractivity (Wildman–Crippen MR) is 130 cm³/mol. The summed E-state index contributed by atoms with van der Waals surface area (Å²) in [4.78, 5) is 36.0. The number of amides is 2. The highest BCUT2D eigenvalue weighted by Gasteiger charge is 2.29. The number of methoxy groups -OCH3 is 1. The van der Waals surface area contributed by atoms with Gasteiger partial charge in [-0.3, -0.25) is 9.59 Å². The van der Waals surface area contributed by atoms with Gasteiger partial charge < -0.3 is 25.2 Å². The lowest BCUT2D eigenvalue weighted by Gasteiger charge is -2.24. The molecule has 8 heteroatoms. The number of carbonyl (C=O) groups is 3. The van der Waals surface area contributed by atoms with Crippen LogP contribution in [0.15, 0.2) is 60.7 Å². The van der Waals surface area contributed by atoms with Crippen LogP contribution in [0, 0.1) is 5.92 Å². The summed E-state index contributed by atoms with van der Waals surface area (Å²) in [6.07, 6.45) is 3.32. The van der Waals surface area contributed by atoms with E-state index in [1.807, 2.05) is 30.3 Å². The molecule has 2 aliphatic rings. The smallest absolute Gasteiger partial charge is 0.407 e. The summed E-state index contributed by atoms with van der Waals surface area (Å²) in [7, 11) is 1.47. The van der Waals surface area contributed by atoms with E-state index < -0.39 is 24.1 Å². The number of alkyl carbamates (subject to hydrolysis) is 1. The number of fused-ring (bicyclic) bond motifs is 3. The van der Waals surface area contributed by atoms with Crippen molar-refractivity contribution in [2.75, 3.05) is 20.3 Å². The molecule has 0 radical (unpaired) electrons. The molecule has 0 fully saturated rings. The molecule has 184 valence electrons. The first-order chi connectivity index (χ1) is 17.0. The maximum Gasteiger partial charge on any atom is 0.407 e. The predicted octanol–water partition coefficient (Wildman–Crippen LogP) is 3.47. The third kappa shape index (κ3) is 5.89. The van der Waals surface area contributed by atoms with Gasteiger partial charge in [-0.2, -0.15) is 0 Å². The second-order valence-electron chi connectivity index (χ2n) is 8.88. The average molecular weight is 479 g/mol. The van der Waals surface area contributed by atoms with Crippen LogP contribution in [0.1, 0.15) is 36.3 Å². The normalized spacial score (nSPS) is 19.3. The Labute approximate surface area is 204 Å². The summed E-state index contributed by atoms with van der Waals surface area (Å²) in [6.45, 7) is 0.315.